The van der Waals surface area contributed by atoms with Crippen molar-refractivity contribution in [3.8, 4) is 0 Å². The number of hydrogen-bond acceptors (Lipinski definition) is 5. The molecule has 1 aliphatic rings. The van der Waals surface area contributed by atoms with Crippen molar-refractivity contribution in [2.24, 2.45) is 15.4 Å². The lowest BCUT2D eigenvalue weighted by molar-refractivity contribution is 0.270. The Kier molecular flexibility index (Phi) is 4.74. The summed E-state index contributed by atoms with van der Waals surface area (Å²) in [6.45, 7) is 2.03. The van der Waals surface area contributed by atoms with Gasteiger partial charge in [-0.25, -0.2) is 0 Å². The maximum absolute atomic E-state index is 11.7. The SMILES string of the molecule is CNc1cc[nH]c1N=NC1CCCC(N=O)(c2cccc(C)c2)C1. The van der Waals surface area contributed by atoms with E-state index in [1.165, 1.54) is 0 Å². The summed E-state index contributed by atoms with van der Waals surface area (Å²) in [6, 6.07) is 10.0. The highest BCUT2D eigenvalue weighted by atomic mass is 16.3. The first kappa shape index (κ1) is 16.4. The Morgan fingerprint density at radius 1 is 1.33 bits per heavy atom. The second-order valence-electron chi connectivity index (χ2n) is 6.45. The molecule has 1 aromatic carbocycles. The first-order valence-corrected chi connectivity index (χ1v) is 8.34. The Morgan fingerprint density at radius 3 is 2.96 bits per heavy atom. The van der Waals surface area contributed by atoms with Crippen LogP contribution in [-0.2, 0) is 5.54 Å². The zero-order chi connectivity index (χ0) is 17.0. The molecule has 0 spiro atoms. The fourth-order valence-electron chi connectivity index (χ4n) is 3.44. The molecule has 1 heterocycles. The summed E-state index contributed by atoms with van der Waals surface area (Å²) < 4.78 is 0. The van der Waals surface area contributed by atoms with Gasteiger partial charge in [-0.05, 0) is 37.8 Å². The van der Waals surface area contributed by atoms with Crippen LogP contribution in [0.5, 0.6) is 0 Å². The molecule has 24 heavy (non-hydrogen) atoms. The average Bonchev–Trinajstić information content (AvgIpc) is 3.07. The van der Waals surface area contributed by atoms with Crippen LogP contribution in [0.15, 0.2) is 51.9 Å². The maximum atomic E-state index is 11.7. The number of aromatic amines is 1. The normalized spacial score (nSPS) is 24.2. The first-order chi connectivity index (χ1) is 11.7. The van der Waals surface area contributed by atoms with E-state index < -0.39 is 5.54 Å². The van der Waals surface area contributed by atoms with Gasteiger partial charge in [0, 0.05) is 19.7 Å². The molecule has 1 fully saturated rings. The minimum atomic E-state index is -0.685. The quantitative estimate of drug-likeness (QED) is 0.595. The number of nitroso groups, excluding NO2 is 1. The minimum Gasteiger partial charge on any atom is -0.385 e. The van der Waals surface area contributed by atoms with Gasteiger partial charge in [0.25, 0.3) is 0 Å². The Balaban J connectivity index is 1.81. The van der Waals surface area contributed by atoms with E-state index >= 15 is 0 Å². The molecule has 2 N–H and O–H groups in total. The van der Waals surface area contributed by atoms with Crippen LogP contribution in [0.1, 0.15) is 36.8 Å². The lowest BCUT2D eigenvalue weighted by Crippen LogP contribution is -2.32. The summed E-state index contributed by atoms with van der Waals surface area (Å²) >= 11 is 0. The largest absolute Gasteiger partial charge is 0.385 e. The van der Waals surface area contributed by atoms with Crippen molar-refractivity contribution in [2.75, 3.05) is 12.4 Å². The number of rotatable bonds is 5. The number of aryl methyl sites for hydroxylation is 1. The smallest absolute Gasteiger partial charge is 0.175 e. The molecule has 6 nitrogen and oxygen atoms in total. The van der Waals surface area contributed by atoms with Crippen LogP contribution in [0, 0.1) is 11.8 Å². The van der Waals surface area contributed by atoms with Gasteiger partial charge in [0.15, 0.2) is 5.82 Å². The number of H-pyrrole nitrogens is 1. The van der Waals surface area contributed by atoms with Crippen LogP contribution in [-0.4, -0.2) is 18.1 Å². The highest BCUT2D eigenvalue weighted by Crippen LogP contribution is 2.42. The molecule has 1 aromatic heterocycles. The fourth-order valence-corrected chi connectivity index (χ4v) is 3.44. The molecule has 6 heteroatoms. The molecule has 0 amide bonds. The van der Waals surface area contributed by atoms with E-state index in [9.17, 15) is 4.91 Å². The Hall–Kier alpha value is -2.50. The van der Waals surface area contributed by atoms with Gasteiger partial charge in [-0.3, -0.25) is 0 Å². The third kappa shape index (κ3) is 3.22. The predicted molar refractivity (Wildman–Crippen MR) is 95.8 cm³/mol. The van der Waals surface area contributed by atoms with Crippen molar-refractivity contribution in [3.63, 3.8) is 0 Å². The zero-order valence-corrected chi connectivity index (χ0v) is 14.1. The molecular formula is C18H23N5O. The number of nitrogens with zero attached hydrogens (tertiary/aromatic N) is 3. The van der Waals surface area contributed by atoms with Gasteiger partial charge in [-0.15, -0.1) is 10.0 Å². The van der Waals surface area contributed by atoms with Crippen molar-refractivity contribution >= 4 is 11.5 Å². The minimum absolute atomic E-state index is 0.00460. The molecule has 0 saturated heterocycles. The van der Waals surface area contributed by atoms with Crippen LogP contribution in [0.2, 0.25) is 0 Å². The maximum Gasteiger partial charge on any atom is 0.175 e. The van der Waals surface area contributed by atoms with E-state index in [1.807, 2.05) is 44.4 Å². The molecule has 1 aliphatic carbocycles. The van der Waals surface area contributed by atoms with Gasteiger partial charge in [0.1, 0.15) is 5.54 Å². The van der Waals surface area contributed by atoms with E-state index in [4.69, 9.17) is 0 Å². The molecule has 1 saturated carbocycles. The summed E-state index contributed by atoms with van der Waals surface area (Å²) in [4.78, 5) is 14.8. The molecule has 2 atom stereocenters. The van der Waals surface area contributed by atoms with E-state index in [2.05, 4.69) is 31.8 Å². The number of anilines is 1. The average molecular weight is 325 g/mol. The molecule has 0 bridgehead atoms. The number of nitrogens with one attached hydrogen (secondary N) is 2. The third-order valence-electron chi connectivity index (χ3n) is 4.75. The van der Waals surface area contributed by atoms with Crippen molar-refractivity contribution in [1.29, 1.82) is 0 Å². The summed E-state index contributed by atoms with van der Waals surface area (Å²) in [5, 5.41) is 15.4. The van der Waals surface area contributed by atoms with Crippen molar-refractivity contribution in [1.82, 2.24) is 4.98 Å². The number of benzene rings is 1. The lowest BCUT2D eigenvalue weighted by atomic mass is 9.75. The van der Waals surface area contributed by atoms with Gasteiger partial charge < -0.3 is 10.3 Å². The Bertz CT molecular complexity index is 739. The Labute approximate surface area is 141 Å². The first-order valence-electron chi connectivity index (χ1n) is 8.34. The number of azo groups is 1. The van der Waals surface area contributed by atoms with Crippen LogP contribution in [0.3, 0.4) is 0 Å². The second kappa shape index (κ2) is 6.95. The third-order valence-corrected chi connectivity index (χ3v) is 4.75. The summed E-state index contributed by atoms with van der Waals surface area (Å²) in [7, 11) is 1.85. The van der Waals surface area contributed by atoms with Crippen molar-refractivity contribution in [2.45, 2.75) is 44.2 Å². The number of aromatic nitrogens is 1. The van der Waals surface area contributed by atoms with E-state index in [0.29, 0.717) is 12.2 Å². The molecule has 0 aliphatic heterocycles. The van der Waals surface area contributed by atoms with E-state index in [0.717, 1.165) is 36.1 Å². The highest BCUT2D eigenvalue weighted by Gasteiger charge is 2.39. The Morgan fingerprint density at radius 2 is 2.21 bits per heavy atom. The van der Waals surface area contributed by atoms with E-state index in [1.54, 1.807) is 0 Å². The van der Waals surface area contributed by atoms with Gasteiger partial charge in [0.2, 0.25) is 0 Å². The number of hydrogen-bond donors (Lipinski definition) is 2. The van der Waals surface area contributed by atoms with E-state index in [-0.39, 0.29) is 6.04 Å². The van der Waals surface area contributed by atoms with Gasteiger partial charge >= 0.3 is 0 Å². The monoisotopic (exact) mass is 325 g/mol. The molecule has 2 unspecified atom stereocenters. The van der Waals surface area contributed by atoms with Gasteiger partial charge in [-0.2, -0.15) is 5.11 Å². The van der Waals surface area contributed by atoms with Crippen LogP contribution >= 0.6 is 0 Å². The fraction of sp³-hybridized carbons (Fsp3) is 0.444. The van der Waals surface area contributed by atoms with Crippen molar-refractivity contribution < 1.29 is 0 Å². The lowest BCUT2D eigenvalue weighted by Gasteiger charge is -2.33. The highest BCUT2D eigenvalue weighted by molar-refractivity contribution is 5.60. The van der Waals surface area contributed by atoms with Crippen molar-refractivity contribution in [3.05, 3.63) is 52.6 Å². The zero-order valence-electron chi connectivity index (χ0n) is 14.1. The topological polar surface area (TPSA) is 82.0 Å². The summed E-state index contributed by atoms with van der Waals surface area (Å²) in [5.74, 6) is 0.711. The van der Waals surface area contributed by atoms with Crippen LogP contribution in [0.4, 0.5) is 11.5 Å². The molecule has 3 rings (SSSR count). The predicted octanol–water partition coefficient (Wildman–Crippen LogP) is 5.05. The molecule has 2 aromatic rings. The molecule has 0 radical (unpaired) electrons. The second-order valence-corrected chi connectivity index (χ2v) is 6.45. The summed E-state index contributed by atoms with van der Waals surface area (Å²) in [6.07, 6.45) is 5.07. The summed E-state index contributed by atoms with van der Waals surface area (Å²) in [5.41, 5.74) is 2.36. The molecule has 126 valence electrons. The van der Waals surface area contributed by atoms with Crippen LogP contribution < -0.4 is 5.32 Å². The van der Waals surface area contributed by atoms with Gasteiger partial charge in [-0.1, -0.05) is 35.0 Å². The standard InChI is InChI=1S/C18H23N5O/c1-13-5-3-6-14(11-13)18(23-24)9-4-7-15(12-18)21-22-17-16(19-2)8-10-20-17/h3,5-6,8,10-11,15,19-20H,4,7,9,12H2,1-2H3. The molecular weight excluding hydrogens is 302 g/mol. The van der Waals surface area contributed by atoms with Gasteiger partial charge in [0.05, 0.1) is 11.7 Å². The van der Waals surface area contributed by atoms with Crippen LogP contribution in [0.25, 0.3) is 0 Å².